The number of rotatable bonds is 6. The van der Waals surface area contributed by atoms with Crippen LogP contribution >= 0.6 is 0 Å². The van der Waals surface area contributed by atoms with Crippen LogP contribution in [-0.4, -0.2) is 18.6 Å². The van der Waals surface area contributed by atoms with Crippen LogP contribution in [0.25, 0.3) is 0 Å². The predicted octanol–water partition coefficient (Wildman–Crippen LogP) is 3.14. The number of nitrogens with one attached hydrogen (secondary N) is 1. The fourth-order valence-corrected chi connectivity index (χ4v) is 1.74. The third kappa shape index (κ3) is 4.85. The van der Waals surface area contributed by atoms with Crippen molar-refractivity contribution in [1.82, 2.24) is 5.32 Å². The molecule has 0 aliphatic rings. The third-order valence-electron chi connectivity index (χ3n) is 2.79. The normalized spacial score (nSPS) is 13.1. The minimum atomic E-state index is -4.36. The summed E-state index contributed by atoms with van der Waals surface area (Å²) in [4.78, 5) is 11.6. The number of esters is 1. The molecule has 1 aromatic carbocycles. The molecular formula is C14H18F3NO2. The van der Waals surface area contributed by atoms with E-state index in [1.807, 2.05) is 0 Å². The fraction of sp³-hybridized carbons (Fsp3) is 0.500. The van der Waals surface area contributed by atoms with Gasteiger partial charge in [0, 0.05) is 6.54 Å². The molecule has 0 aromatic heterocycles. The van der Waals surface area contributed by atoms with Crippen molar-refractivity contribution in [3.63, 3.8) is 0 Å². The van der Waals surface area contributed by atoms with E-state index >= 15 is 0 Å². The Bertz CT molecular complexity index is 446. The topological polar surface area (TPSA) is 38.3 Å². The maximum absolute atomic E-state index is 12.6. The van der Waals surface area contributed by atoms with Gasteiger partial charge in [-0.25, -0.2) is 0 Å². The summed E-state index contributed by atoms with van der Waals surface area (Å²) < 4.78 is 42.6. The maximum atomic E-state index is 12.6. The highest BCUT2D eigenvalue weighted by Gasteiger charge is 2.30. The average Bonchev–Trinajstić information content (AvgIpc) is 2.39. The lowest BCUT2D eigenvalue weighted by Gasteiger charge is -2.16. The first-order valence-electron chi connectivity index (χ1n) is 6.44. The molecule has 1 atom stereocenters. The molecule has 0 aliphatic carbocycles. The Morgan fingerprint density at radius 2 is 2.05 bits per heavy atom. The largest absolute Gasteiger partial charge is 0.465 e. The van der Waals surface area contributed by atoms with Crippen LogP contribution < -0.4 is 5.32 Å². The Hall–Kier alpha value is -1.56. The average molecular weight is 289 g/mol. The molecule has 0 radical (unpaired) electrons. The molecule has 1 rings (SSSR count). The summed E-state index contributed by atoms with van der Waals surface area (Å²) in [5, 5.41) is 2.91. The number of ether oxygens (including phenoxy) is 1. The van der Waals surface area contributed by atoms with E-state index < -0.39 is 17.8 Å². The van der Waals surface area contributed by atoms with Crippen molar-refractivity contribution in [1.29, 1.82) is 0 Å². The highest BCUT2D eigenvalue weighted by Crippen LogP contribution is 2.29. The van der Waals surface area contributed by atoms with Crippen molar-refractivity contribution in [3.8, 4) is 0 Å². The van der Waals surface area contributed by atoms with Gasteiger partial charge in [0.05, 0.1) is 12.2 Å². The van der Waals surface area contributed by atoms with Crippen LogP contribution in [0.1, 0.15) is 31.4 Å². The monoisotopic (exact) mass is 289 g/mol. The first kappa shape index (κ1) is 16.5. The van der Waals surface area contributed by atoms with E-state index in [-0.39, 0.29) is 19.1 Å². The van der Waals surface area contributed by atoms with Crippen molar-refractivity contribution in [2.45, 2.75) is 39.0 Å². The molecule has 1 aromatic rings. The molecular weight excluding hydrogens is 271 g/mol. The predicted molar refractivity (Wildman–Crippen MR) is 69.0 cm³/mol. The second-order valence-electron chi connectivity index (χ2n) is 4.29. The van der Waals surface area contributed by atoms with Crippen LogP contribution in [0.3, 0.4) is 0 Å². The lowest BCUT2D eigenvalue weighted by Crippen LogP contribution is -2.37. The third-order valence-corrected chi connectivity index (χ3v) is 2.79. The lowest BCUT2D eigenvalue weighted by atomic mass is 10.1. The van der Waals surface area contributed by atoms with Crippen LogP contribution in [0.4, 0.5) is 13.2 Å². The second kappa shape index (κ2) is 7.28. The first-order valence-corrected chi connectivity index (χ1v) is 6.44. The van der Waals surface area contributed by atoms with Gasteiger partial charge in [-0.2, -0.15) is 13.2 Å². The summed E-state index contributed by atoms with van der Waals surface area (Å²) in [5.74, 6) is -0.387. The van der Waals surface area contributed by atoms with E-state index in [0.717, 1.165) is 12.1 Å². The molecule has 112 valence electrons. The zero-order valence-corrected chi connectivity index (χ0v) is 11.5. The van der Waals surface area contributed by atoms with Crippen molar-refractivity contribution >= 4 is 5.97 Å². The van der Waals surface area contributed by atoms with Gasteiger partial charge in [-0.3, -0.25) is 4.79 Å². The van der Waals surface area contributed by atoms with Gasteiger partial charge in [0.25, 0.3) is 0 Å². The fourth-order valence-electron chi connectivity index (χ4n) is 1.74. The lowest BCUT2D eigenvalue weighted by molar-refractivity contribution is -0.145. The highest BCUT2D eigenvalue weighted by atomic mass is 19.4. The quantitative estimate of drug-likeness (QED) is 0.818. The van der Waals surface area contributed by atoms with Gasteiger partial charge in [-0.1, -0.05) is 25.1 Å². The molecule has 0 spiro atoms. The number of hydrogen-bond donors (Lipinski definition) is 1. The van der Waals surface area contributed by atoms with Gasteiger partial charge < -0.3 is 10.1 Å². The number of carbonyl (C=O) groups is 1. The Labute approximate surface area is 116 Å². The van der Waals surface area contributed by atoms with Gasteiger partial charge in [-0.05, 0) is 25.0 Å². The number of carbonyl (C=O) groups excluding carboxylic acids is 1. The molecule has 6 heteroatoms. The molecule has 1 N–H and O–H groups in total. The summed E-state index contributed by atoms with van der Waals surface area (Å²) in [6.07, 6.45) is -3.85. The zero-order chi connectivity index (χ0) is 15.2. The summed E-state index contributed by atoms with van der Waals surface area (Å²) in [6, 6.07) is 4.52. The summed E-state index contributed by atoms with van der Waals surface area (Å²) in [5.41, 5.74) is -0.219. The minimum absolute atomic E-state index is 0.182. The molecule has 0 fully saturated rings. The number of benzene rings is 1. The van der Waals surface area contributed by atoms with E-state index in [1.54, 1.807) is 19.9 Å². The molecule has 0 saturated heterocycles. The maximum Gasteiger partial charge on any atom is 0.416 e. The Kier molecular flexibility index (Phi) is 6.01. The van der Waals surface area contributed by atoms with Crippen LogP contribution in [0.2, 0.25) is 0 Å². The van der Waals surface area contributed by atoms with Gasteiger partial charge in [0.2, 0.25) is 0 Å². The number of alkyl halides is 3. The first-order chi connectivity index (χ1) is 9.38. The SMILES string of the molecule is CCOC(=O)C(CC)NCc1cccc(C(F)(F)F)c1. The van der Waals surface area contributed by atoms with E-state index in [4.69, 9.17) is 4.74 Å². The summed E-state index contributed by atoms with van der Waals surface area (Å²) in [7, 11) is 0. The second-order valence-corrected chi connectivity index (χ2v) is 4.29. The van der Waals surface area contributed by atoms with Crippen molar-refractivity contribution < 1.29 is 22.7 Å². The number of halogens is 3. The van der Waals surface area contributed by atoms with Crippen molar-refractivity contribution in [2.24, 2.45) is 0 Å². The van der Waals surface area contributed by atoms with E-state index in [1.165, 1.54) is 6.07 Å². The zero-order valence-electron chi connectivity index (χ0n) is 11.5. The van der Waals surface area contributed by atoms with Gasteiger partial charge in [0.1, 0.15) is 6.04 Å². The van der Waals surface area contributed by atoms with Crippen molar-refractivity contribution in [2.75, 3.05) is 6.61 Å². The molecule has 0 aliphatic heterocycles. The summed E-state index contributed by atoms with van der Waals surface area (Å²) >= 11 is 0. The molecule has 0 amide bonds. The Balaban J connectivity index is 2.67. The molecule has 3 nitrogen and oxygen atoms in total. The molecule has 0 saturated carbocycles. The minimum Gasteiger partial charge on any atom is -0.465 e. The molecule has 20 heavy (non-hydrogen) atoms. The van der Waals surface area contributed by atoms with Gasteiger partial charge >= 0.3 is 12.1 Å². The summed E-state index contributed by atoms with van der Waals surface area (Å²) in [6.45, 7) is 3.97. The van der Waals surface area contributed by atoms with Crippen LogP contribution in [0.5, 0.6) is 0 Å². The van der Waals surface area contributed by atoms with Gasteiger partial charge in [0.15, 0.2) is 0 Å². The highest BCUT2D eigenvalue weighted by molar-refractivity contribution is 5.75. The number of hydrogen-bond acceptors (Lipinski definition) is 3. The molecule has 0 heterocycles. The van der Waals surface area contributed by atoms with Crippen LogP contribution in [0.15, 0.2) is 24.3 Å². The Morgan fingerprint density at radius 1 is 1.35 bits per heavy atom. The van der Waals surface area contributed by atoms with Gasteiger partial charge in [-0.15, -0.1) is 0 Å². The van der Waals surface area contributed by atoms with Crippen LogP contribution in [-0.2, 0) is 22.3 Å². The Morgan fingerprint density at radius 3 is 2.60 bits per heavy atom. The van der Waals surface area contributed by atoms with E-state index in [9.17, 15) is 18.0 Å². The standard InChI is InChI=1S/C14H18F3NO2/c1-3-12(13(19)20-4-2)18-9-10-6-5-7-11(8-10)14(15,16)17/h5-8,12,18H,3-4,9H2,1-2H3. The molecule has 0 bridgehead atoms. The molecule has 1 unspecified atom stereocenters. The van der Waals surface area contributed by atoms with E-state index in [0.29, 0.717) is 12.0 Å². The smallest absolute Gasteiger partial charge is 0.416 e. The van der Waals surface area contributed by atoms with Crippen LogP contribution in [0, 0.1) is 0 Å². The van der Waals surface area contributed by atoms with E-state index in [2.05, 4.69) is 5.32 Å². The van der Waals surface area contributed by atoms with Crippen molar-refractivity contribution in [3.05, 3.63) is 35.4 Å².